The summed E-state index contributed by atoms with van der Waals surface area (Å²) in [5.74, 6) is 0.438. The van der Waals surface area contributed by atoms with E-state index in [1.165, 1.54) is 12.1 Å². The largest absolute Gasteiger partial charge is 0.339 e. The van der Waals surface area contributed by atoms with Crippen molar-refractivity contribution >= 4 is 24.0 Å². The minimum atomic E-state index is -0.444. The molecule has 2 rings (SSSR count). The fraction of sp³-hybridized carbons (Fsp3) is 0.500. The molecule has 7 heteroatoms. The zero-order valence-electron chi connectivity index (χ0n) is 11.9. The maximum atomic E-state index is 12.3. The van der Waals surface area contributed by atoms with Gasteiger partial charge in [0.1, 0.15) is 0 Å². The van der Waals surface area contributed by atoms with Crippen molar-refractivity contribution < 1.29 is 9.72 Å². The molecule has 0 radical (unpaired) electrons. The Kier molecular flexibility index (Phi) is 6.11. The van der Waals surface area contributed by atoms with Crippen LogP contribution in [0.15, 0.2) is 24.3 Å². The number of nitro groups is 1. The van der Waals surface area contributed by atoms with Crippen LogP contribution in [0.2, 0.25) is 0 Å². The van der Waals surface area contributed by atoms with E-state index in [1.807, 2.05) is 11.8 Å². The lowest BCUT2D eigenvalue weighted by Crippen LogP contribution is -2.35. The summed E-state index contributed by atoms with van der Waals surface area (Å²) in [6.07, 6.45) is 1.22. The zero-order chi connectivity index (χ0) is 14.7. The number of halogens is 1. The second-order valence-electron chi connectivity index (χ2n) is 5.33. The van der Waals surface area contributed by atoms with E-state index in [2.05, 4.69) is 0 Å². The molecule has 0 spiro atoms. The molecule has 1 aliphatic rings. The minimum absolute atomic E-state index is 0. The normalized spacial score (nSPS) is 21.0. The molecule has 0 aromatic heterocycles. The van der Waals surface area contributed by atoms with E-state index >= 15 is 0 Å². The molecule has 116 valence electrons. The molecule has 0 bridgehead atoms. The third-order valence-corrected chi connectivity index (χ3v) is 3.82. The van der Waals surface area contributed by atoms with Crippen molar-refractivity contribution in [2.24, 2.45) is 11.7 Å². The molecule has 1 saturated heterocycles. The van der Waals surface area contributed by atoms with Gasteiger partial charge in [0, 0.05) is 24.7 Å². The molecule has 21 heavy (non-hydrogen) atoms. The number of hydrogen-bond acceptors (Lipinski definition) is 4. The van der Waals surface area contributed by atoms with Crippen LogP contribution in [0.4, 0.5) is 5.69 Å². The van der Waals surface area contributed by atoms with E-state index in [0.29, 0.717) is 19.0 Å². The molecule has 2 atom stereocenters. The van der Waals surface area contributed by atoms with Crippen LogP contribution in [0, 0.1) is 16.0 Å². The standard InChI is InChI=1S/C14H19N3O3.ClH/c1-10-6-12(8-15)9-16(10)14(18)7-11-2-4-13(5-3-11)17(19)20;/h2-5,10,12H,6-9,15H2,1H3;1H. The van der Waals surface area contributed by atoms with Gasteiger partial charge in [-0.25, -0.2) is 0 Å². The molecular formula is C14H20ClN3O3. The Labute approximate surface area is 129 Å². The Balaban J connectivity index is 0.00000220. The molecule has 2 unspecified atom stereocenters. The van der Waals surface area contributed by atoms with Gasteiger partial charge in [0.2, 0.25) is 5.91 Å². The van der Waals surface area contributed by atoms with Crippen LogP contribution >= 0.6 is 12.4 Å². The van der Waals surface area contributed by atoms with Gasteiger partial charge in [0.15, 0.2) is 0 Å². The van der Waals surface area contributed by atoms with Gasteiger partial charge in [-0.05, 0) is 31.4 Å². The lowest BCUT2D eigenvalue weighted by Gasteiger charge is -2.21. The summed E-state index contributed by atoms with van der Waals surface area (Å²) in [5.41, 5.74) is 6.49. The van der Waals surface area contributed by atoms with Crippen LogP contribution in [0.3, 0.4) is 0 Å². The van der Waals surface area contributed by atoms with Crippen LogP contribution in [0.5, 0.6) is 0 Å². The Morgan fingerprint density at radius 3 is 2.52 bits per heavy atom. The number of benzene rings is 1. The summed E-state index contributed by atoms with van der Waals surface area (Å²) in [5, 5.41) is 10.6. The number of amides is 1. The van der Waals surface area contributed by atoms with Gasteiger partial charge in [0.25, 0.3) is 5.69 Å². The molecule has 2 N–H and O–H groups in total. The first-order valence-electron chi connectivity index (χ1n) is 6.74. The van der Waals surface area contributed by atoms with Gasteiger partial charge in [-0.15, -0.1) is 12.4 Å². The van der Waals surface area contributed by atoms with E-state index in [1.54, 1.807) is 12.1 Å². The van der Waals surface area contributed by atoms with E-state index in [4.69, 9.17) is 5.73 Å². The van der Waals surface area contributed by atoms with Gasteiger partial charge >= 0.3 is 0 Å². The quantitative estimate of drug-likeness (QED) is 0.677. The monoisotopic (exact) mass is 313 g/mol. The molecule has 1 aliphatic heterocycles. The predicted molar refractivity (Wildman–Crippen MR) is 82.4 cm³/mol. The van der Waals surface area contributed by atoms with Crippen LogP contribution in [-0.2, 0) is 11.2 Å². The average Bonchev–Trinajstić information content (AvgIpc) is 2.80. The van der Waals surface area contributed by atoms with E-state index in [9.17, 15) is 14.9 Å². The molecule has 0 aliphatic carbocycles. The Bertz CT molecular complexity index is 507. The number of carbonyl (C=O) groups excluding carboxylic acids is 1. The van der Waals surface area contributed by atoms with Crippen molar-refractivity contribution in [2.45, 2.75) is 25.8 Å². The fourth-order valence-corrected chi connectivity index (χ4v) is 2.67. The molecule has 1 aromatic carbocycles. The van der Waals surface area contributed by atoms with Gasteiger partial charge in [0.05, 0.1) is 11.3 Å². The topological polar surface area (TPSA) is 89.5 Å². The summed E-state index contributed by atoms with van der Waals surface area (Å²) in [6, 6.07) is 6.35. The molecule has 0 saturated carbocycles. The number of nitro benzene ring substituents is 1. The maximum Gasteiger partial charge on any atom is 0.269 e. The zero-order valence-corrected chi connectivity index (χ0v) is 12.7. The summed E-state index contributed by atoms with van der Waals surface area (Å²) in [7, 11) is 0. The summed E-state index contributed by atoms with van der Waals surface area (Å²) < 4.78 is 0. The number of hydrogen-bond donors (Lipinski definition) is 1. The Morgan fingerprint density at radius 2 is 2.05 bits per heavy atom. The van der Waals surface area contributed by atoms with Crippen molar-refractivity contribution in [1.82, 2.24) is 4.90 Å². The van der Waals surface area contributed by atoms with Crippen molar-refractivity contribution in [3.63, 3.8) is 0 Å². The average molecular weight is 314 g/mol. The highest BCUT2D eigenvalue weighted by atomic mass is 35.5. The summed E-state index contributed by atoms with van der Waals surface area (Å²) in [4.78, 5) is 24.2. The molecule has 1 fully saturated rings. The van der Waals surface area contributed by atoms with Crippen LogP contribution in [0.1, 0.15) is 18.9 Å². The third kappa shape index (κ3) is 4.15. The SMILES string of the molecule is CC1CC(CN)CN1C(=O)Cc1ccc([N+](=O)[O-])cc1.Cl. The minimum Gasteiger partial charge on any atom is -0.339 e. The summed E-state index contributed by atoms with van der Waals surface area (Å²) >= 11 is 0. The molecule has 1 aromatic rings. The van der Waals surface area contributed by atoms with Gasteiger partial charge in [-0.3, -0.25) is 14.9 Å². The van der Waals surface area contributed by atoms with Crippen molar-refractivity contribution in [2.75, 3.05) is 13.1 Å². The predicted octanol–water partition coefficient (Wildman–Crippen LogP) is 1.75. The highest BCUT2D eigenvalue weighted by molar-refractivity contribution is 5.85. The number of rotatable bonds is 4. The molecule has 6 nitrogen and oxygen atoms in total. The summed E-state index contributed by atoms with van der Waals surface area (Å²) in [6.45, 7) is 3.35. The molecule has 1 amide bonds. The second kappa shape index (κ2) is 7.38. The maximum absolute atomic E-state index is 12.3. The van der Waals surface area contributed by atoms with Crippen LogP contribution in [0.25, 0.3) is 0 Å². The Hall–Kier alpha value is -1.66. The number of nitrogens with zero attached hydrogens (tertiary/aromatic N) is 2. The molecule has 1 heterocycles. The first-order valence-corrected chi connectivity index (χ1v) is 6.74. The van der Waals surface area contributed by atoms with Gasteiger partial charge < -0.3 is 10.6 Å². The second-order valence-corrected chi connectivity index (χ2v) is 5.33. The van der Waals surface area contributed by atoms with E-state index < -0.39 is 4.92 Å². The van der Waals surface area contributed by atoms with E-state index in [-0.39, 0.29) is 36.5 Å². The number of carbonyl (C=O) groups is 1. The van der Waals surface area contributed by atoms with E-state index in [0.717, 1.165) is 12.0 Å². The van der Waals surface area contributed by atoms with Crippen LogP contribution < -0.4 is 5.73 Å². The van der Waals surface area contributed by atoms with Crippen molar-refractivity contribution in [1.29, 1.82) is 0 Å². The first kappa shape index (κ1) is 17.4. The number of likely N-dealkylation sites (tertiary alicyclic amines) is 1. The highest BCUT2D eigenvalue weighted by Crippen LogP contribution is 2.23. The molecular weight excluding hydrogens is 294 g/mol. The fourth-order valence-electron chi connectivity index (χ4n) is 2.67. The highest BCUT2D eigenvalue weighted by Gasteiger charge is 2.31. The lowest BCUT2D eigenvalue weighted by atomic mass is 10.1. The number of nitrogens with two attached hydrogens (primary N) is 1. The van der Waals surface area contributed by atoms with Gasteiger partial charge in [-0.1, -0.05) is 12.1 Å². The van der Waals surface area contributed by atoms with Crippen molar-refractivity contribution in [3.05, 3.63) is 39.9 Å². The van der Waals surface area contributed by atoms with Crippen molar-refractivity contribution in [3.8, 4) is 0 Å². The lowest BCUT2D eigenvalue weighted by molar-refractivity contribution is -0.384. The smallest absolute Gasteiger partial charge is 0.269 e. The van der Waals surface area contributed by atoms with Gasteiger partial charge in [-0.2, -0.15) is 0 Å². The first-order chi connectivity index (χ1) is 9.51. The Morgan fingerprint density at radius 1 is 1.43 bits per heavy atom. The number of non-ortho nitro benzene ring substituents is 1. The third-order valence-electron chi connectivity index (χ3n) is 3.82. The van der Waals surface area contributed by atoms with Crippen LogP contribution in [-0.4, -0.2) is 34.9 Å².